The van der Waals surface area contributed by atoms with E-state index in [4.69, 9.17) is 9.47 Å². The fourth-order valence-corrected chi connectivity index (χ4v) is 3.26. The van der Waals surface area contributed by atoms with Crippen molar-refractivity contribution in [2.75, 3.05) is 6.61 Å². The molecule has 0 radical (unpaired) electrons. The molecular formula is C15H20O4. The lowest BCUT2D eigenvalue weighted by Gasteiger charge is -2.19. The summed E-state index contributed by atoms with van der Waals surface area (Å²) in [5.41, 5.74) is 1.40. The molecule has 3 rings (SSSR count). The highest BCUT2D eigenvalue weighted by Gasteiger charge is 2.61. The first-order chi connectivity index (χ1) is 9.05. The number of carbonyl (C=O) groups is 1. The van der Waals surface area contributed by atoms with Crippen LogP contribution in [0.3, 0.4) is 0 Å². The zero-order chi connectivity index (χ0) is 13.6. The first-order valence-electron chi connectivity index (χ1n) is 6.91. The quantitative estimate of drug-likeness (QED) is 0.339. The smallest absolute Gasteiger partial charge is 0.334 e. The molecule has 0 aromatic carbocycles. The van der Waals surface area contributed by atoms with Crippen LogP contribution in [-0.2, 0) is 14.3 Å². The van der Waals surface area contributed by atoms with Gasteiger partial charge in [0.05, 0.1) is 12.2 Å². The molecular weight excluding hydrogens is 244 g/mol. The highest BCUT2D eigenvalue weighted by atomic mass is 16.6. The topological polar surface area (TPSA) is 59.1 Å². The van der Waals surface area contributed by atoms with E-state index in [1.54, 1.807) is 0 Å². The molecule has 19 heavy (non-hydrogen) atoms. The minimum atomic E-state index is -0.290. The van der Waals surface area contributed by atoms with Gasteiger partial charge in [0, 0.05) is 11.5 Å². The third kappa shape index (κ3) is 2.13. The van der Waals surface area contributed by atoms with Crippen molar-refractivity contribution in [1.82, 2.24) is 0 Å². The molecule has 1 aliphatic carbocycles. The number of hydrogen-bond donors (Lipinski definition) is 1. The Hall–Kier alpha value is -1.13. The predicted octanol–water partition coefficient (Wildman–Crippen LogP) is 1.73. The van der Waals surface area contributed by atoms with E-state index in [1.807, 2.05) is 0 Å². The van der Waals surface area contributed by atoms with Crippen LogP contribution in [-0.4, -0.2) is 35.5 Å². The Bertz CT molecular complexity index is 453. The number of aliphatic hydroxyl groups is 1. The molecule has 0 spiro atoms. The van der Waals surface area contributed by atoms with Crippen LogP contribution in [0, 0.1) is 5.92 Å². The zero-order valence-electron chi connectivity index (χ0n) is 11.2. The van der Waals surface area contributed by atoms with Crippen LogP contribution in [0.4, 0.5) is 0 Å². The van der Waals surface area contributed by atoms with Crippen molar-refractivity contribution in [1.29, 1.82) is 0 Å². The van der Waals surface area contributed by atoms with Crippen LogP contribution in [0.2, 0.25) is 0 Å². The van der Waals surface area contributed by atoms with Gasteiger partial charge in [0.2, 0.25) is 0 Å². The largest absolute Gasteiger partial charge is 0.455 e. The van der Waals surface area contributed by atoms with E-state index in [2.05, 4.69) is 19.6 Å². The molecule has 4 nitrogen and oxygen atoms in total. The van der Waals surface area contributed by atoms with E-state index in [1.165, 1.54) is 0 Å². The number of fused-ring (bicyclic) bond motifs is 3. The second-order valence-corrected chi connectivity index (χ2v) is 5.95. The third-order valence-electron chi connectivity index (χ3n) is 4.64. The summed E-state index contributed by atoms with van der Waals surface area (Å²) in [7, 11) is 0. The first kappa shape index (κ1) is 12.9. The molecule has 2 fully saturated rings. The summed E-state index contributed by atoms with van der Waals surface area (Å²) in [4.78, 5) is 11.7. The summed E-state index contributed by atoms with van der Waals surface area (Å²) in [5, 5.41) is 9.35. The summed E-state index contributed by atoms with van der Waals surface area (Å²) in [6.07, 6.45) is 5.29. The average molecular weight is 264 g/mol. The average Bonchev–Trinajstić information content (AvgIpc) is 2.97. The van der Waals surface area contributed by atoms with Crippen LogP contribution in [0.25, 0.3) is 0 Å². The molecule has 4 atom stereocenters. The van der Waals surface area contributed by atoms with Gasteiger partial charge < -0.3 is 14.6 Å². The molecule has 0 aromatic rings. The van der Waals surface area contributed by atoms with E-state index in [-0.39, 0.29) is 36.3 Å². The summed E-state index contributed by atoms with van der Waals surface area (Å²) >= 11 is 0. The fourth-order valence-electron chi connectivity index (χ4n) is 3.26. The molecule has 0 aromatic heterocycles. The molecule has 0 amide bonds. The van der Waals surface area contributed by atoms with Gasteiger partial charge in [-0.1, -0.05) is 12.7 Å². The van der Waals surface area contributed by atoms with Crippen LogP contribution in [0.15, 0.2) is 23.8 Å². The van der Waals surface area contributed by atoms with Gasteiger partial charge in [0.15, 0.2) is 0 Å². The monoisotopic (exact) mass is 264 g/mol. The summed E-state index contributed by atoms with van der Waals surface area (Å²) in [5.74, 6) is -0.269. The van der Waals surface area contributed by atoms with Crippen molar-refractivity contribution in [3.63, 3.8) is 0 Å². The van der Waals surface area contributed by atoms with Gasteiger partial charge in [-0.25, -0.2) is 4.79 Å². The Kier molecular flexibility index (Phi) is 3.02. The molecule has 1 N–H and O–H groups in total. The minimum absolute atomic E-state index is 0.00442. The standard InChI is InChI=1S/C15H20O4/c1-9-11-6-5-10(8-16)4-3-7-15(2)13(19-15)12(11)18-14(9)17/h4,11-13,16H,1,3,5-8H2,2H3/t11-,12-,13-,15+/m0/s1. The van der Waals surface area contributed by atoms with E-state index in [9.17, 15) is 9.90 Å². The lowest BCUT2D eigenvalue weighted by Crippen LogP contribution is -2.29. The molecule has 2 aliphatic heterocycles. The number of ether oxygens (including phenoxy) is 2. The molecule has 3 aliphatic rings. The Morgan fingerprint density at radius 3 is 3.11 bits per heavy atom. The molecule has 104 valence electrons. The summed E-state index contributed by atoms with van der Waals surface area (Å²) in [6.45, 7) is 6.01. The molecule has 4 heteroatoms. The maximum atomic E-state index is 11.7. The van der Waals surface area contributed by atoms with E-state index < -0.39 is 0 Å². The van der Waals surface area contributed by atoms with Crippen molar-refractivity contribution in [3.8, 4) is 0 Å². The van der Waals surface area contributed by atoms with Crippen molar-refractivity contribution in [3.05, 3.63) is 23.8 Å². The van der Waals surface area contributed by atoms with Crippen molar-refractivity contribution < 1.29 is 19.4 Å². The second-order valence-electron chi connectivity index (χ2n) is 5.95. The summed E-state index contributed by atoms with van der Waals surface area (Å²) in [6, 6.07) is 0. The van der Waals surface area contributed by atoms with Gasteiger partial charge in [0.1, 0.15) is 12.2 Å². The fraction of sp³-hybridized carbons (Fsp3) is 0.667. The minimum Gasteiger partial charge on any atom is -0.455 e. The SMILES string of the molecule is C=C1C(=O)O[C@H]2[C@H]1CCC(CO)=CCC[C@@]1(C)O[C@@H]21. The number of carbonyl (C=O) groups excluding carboxylic acids is 1. The Labute approximate surface area is 113 Å². The van der Waals surface area contributed by atoms with Gasteiger partial charge in [-0.2, -0.15) is 0 Å². The first-order valence-corrected chi connectivity index (χ1v) is 6.91. The summed E-state index contributed by atoms with van der Waals surface area (Å²) < 4.78 is 11.3. The van der Waals surface area contributed by atoms with Crippen molar-refractivity contribution in [2.45, 2.75) is 50.4 Å². The second kappa shape index (κ2) is 4.46. The number of hydrogen-bond acceptors (Lipinski definition) is 4. The van der Waals surface area contributed by atoms with E-state index in [0.29, 0.717) is 5.57 Å². The lowest BCUT2D eigenvalue weighted by atomic mass is 9.84. The lowest BCUT2D eigenvalue weighted by molar-refractivity contribution is -0.140. The van der Waals surface area contributed by atoms with E-state index >= 15 is 0 Å². The zero-order valence-corrected chi connectivity index (χ0v) is 11.2. The van der Waals surface area contributed by atoms with Gasteiger partial charge in [-0.05, 0) is 38.2 Å². The number of rotatable bonds is 1. The third-order valence-corrected chi connectivity index (χ3v) is 4.64. The number of allylic oxidation sites excluding steroid dienone is 1. The normalized spacial score (nSPS) is 42.0. The Morgan fingerprint density at radius 2 is 2.37 bits per heavy atom. The highest BCUT2D eigenvalue weighted by Crippen LogP contribution is 2.49. The molecule has 2 saturated heterocycles. The van der Waals surface area contributed by atoms with Gasteiger partial charge in [-0.15, -0.1) is 0 Å². The van der Waals surface area contributed by atoms with Gasteiger partial charge in [0.25, 0.3) is 0 Å². The van der Waals surface area contributed by atoms with Crippen molar-refractivity contribution in [2.24, 2.45) is 5.92 Å². The highest BCUT2D eigenvalue weighted by molar-refractivity contribution is 5.91. The Morgan fingerprint density at radius 1 is 1.58 bits per heavy atom. The van der Waals surface area contributed by atoms with Crippen LogP contribution in [0.5, 0.6) is 0 Å². The number of esters is 1. The predicted molar refractivity (Wildman–Crippen MR) is 69.4 cm³/mol. The molecule has 2 heterocycles. The van der Waals surface area contributed by atoms with Crippen molar-refractivity contribution >= 4 is 5.97 Å². The van der Waals surface area contributed by atoms with Gasteiger partial charge in [-0.3, -0.25) is 0 Å². The maximum absolute atomic E-state index is 11.7. The molecule has 0 bridgehead atoms. The van der Waals surface area contributed by atoms with Crippen LogP contribution >= 0.6 is 0 Å². The molecule has 0 unspecified atom stereocenters. The molecule has 0 saturated carbocycles. The van der Waals surface area contributed by atoms with Crippen LogP contribution in [0.1, 0.15) is 32.6 Å². The van der Waals surface area contributed by atoms with Crippen LogP contribution < -0.4 is 0 Å². The number of epoxide rings is 1. The number of aliphatic hydroxyl groups excluding tert-OH is 1. The van der Waals surface area contributed by atoms with E-state index in [0.717, 1.165) is 31.3 Å². The van der Waals surface area contributed by atoms with Gasteiger partial charge >= 0.3 is 5.97 Å². The Balaban J connectivity index is 1.86. The maximum Gasteiger partial charge on any atom is 0.334 e.